The first-order valence-electron chi connectivity index (χ1n) is 6.80. The molecule has 1 saturated heterocycles. The smallest absolute Gasteiger partial charge is 0.254 e. The zero-order valence-corrected chi connectivity index (χ0v) is 12.0. The molecule has 104 valence electrons. The van der Waals surface area contributed by atoms with Gasteiger partial charge in [-0.2, -0.15) is 0 Å². The third-order valence-electron chi connectivity index (χ3n) is 3.77. The van der Waals surface area contributed by atoms with Crippen LogP contribution in [0.15, 0.2) is 18.2 Å². The molecule has 19 heavy (non-hydrogen) atoms. The zero-order valence-electron chi connectivity index (χ0n) is 11.2. The quantitative estimate of drug-likeness (QED) is 0.845. The monoisotopic (exact) mass is 281 g/mol. The third-order valence-corrected chi connectivity index (χ3v) is 4.13. The average Bonchev–Trinajstić information content (AvgIpc) is 2.66. The molecule has 1 aliphatic heterocycles. The molecule has 1 heterocycles. The summed E-state index contributed by atoms with van der Waals surface area (Å²) in [5.41, 5.74) is 1.32. The fraction of sp³-hybridized carbons (Fsp3) is 0.533. The van der Waals surface area contributed by atoms with E-state index in [-0.39, 0.29) is 17.7 Å². The Morgan fingerprint density at radius 1 is 1.42 bits per heavy atom. The minimum atomic E-state index is -0.0251. The third kappa shape index (κ3) is 3.21. The number of rotatable bonds is 2. The average molecular weight is 282 g/mol. The van der Waals surface area contributed by atoms with Crippen molar-refractivity contribution in [3.8, 4) is 5.75 Å². The minimum absolute atomic E-state index is 0.0251. The van der Waals surface area contributed by atoms with Crippen molar-refractivity contribution in [2.24, 2.45) is 0 Å². The van der Waals surface area contributed by atoms with Crippen LogP contribution in [0.4, 0.5) is 0 Å². The van der Waals surface area contributed by atoms with Gasteiger partial charge in [-0.25, -0.2) is 0 Å². The number of carbonyl (C=O) groups excluding carboxylic acids is 1. The second-order valence-electron chi connectivity index (χ2n) is 5.16. The second-order valence-corrected chi connectivity index (χ2v) is 5.47. The molecular formula is C15H20ClNO2. The molecule has 1 atom stereocenters. The minimum Gasteiger partial charge on any atom is -0.508 e. The van der Waals surface area contributed by atoms with E-state index in [2.05, 4.69) is 0 Å². The van der Waals surface area contributed by atoms with E-state index in [0.29, 0.717) is 11.4 Å². The molecular weight excluding hydrogens is 262 g/mol. The molecule has 1 fully saturated rings. The van der Waals surface area contributed by atoms with E-state index < -0.39 is 0 Å². The molecule has 0 aromatic heterocycles. The number of aryl methyl sites for hydroxylation is 1. The molecule has 1 unspecified atom stereocenters. The Morgan fingerprint density at radius 3 is 2.89 bits per heavy atom. The van der Waals surface area contributed by atoms with Crippen molar-refractivity contribution in [3.63, 3.8) is 0 Å². The summed E-state index contributed by atoms with van der Waals surface area (Å²) in [7, 11) is 0. The van der Waals surface area contributed by atoms with Gasteiger partial charge in [0.1, 0.15) is 5.75 Å². The predicted molar refractivity (Wildman–Crippen MR) is 76.9 cm³/mol. The van der Waals surface area contributed by atoms with Crippen LogP contribution in [0.3, 0.4) is 0 Å². The lowest BCUT2D eigenvalue weighted by atomic mass is 10.1. The molecule has 1 amide bonds. The van der Waals surface area contributed by atoms with Crippen LogP contribution < -0.4 is 0 Å². The van der Waals surface area contributed by atoms with Gasteiger partial charge in [-0.1, -0.05) is 18.9 Å². The van der Waals surface area contributed by atoms with Crippen LogP contribution in [0, 0.1) is 6.92 Å². The maximum Gasteiger partial charge on any atom is 0.254 e. The van der Waals surface area contributed by atoms with Gasteiger partial charge in [-0.15, -0.1) is 11.6 Å². The Labute approximate surface area is 119 Å². The highest BCUT2D eigenvalue weighted by molar-refractivity contribution is 6.18. The maximum atomic E-state index is 12.5. The first kappa shape index (κ1) is 14.2. The molecule has 0 bridgehead atoms. The highest BCUT2D eigenvalue weighted by Crippen LogP contribution is 2.23. The van der Waals surface area contributed by atoms with Gasteiger partial charge in [0.15, 0.2) is 0 Å². The summed E-state index contributed by atoms with van der Waals surface area (Å²) in [5.74, 6) is 0.620. The summed E-state index contributed by atoms with van der Waals surface area (Å²) in [6, 6.07) is 5.21. The standard InChI is InChI=1S/C15H20ClNO2/c1-11-6-7-12(9-14(11)18)15(19)17-8-4-2-3-5-13(17)10-16/h6-7,9,13,18H,2-5,8,10H2,1H3. The highest BCUT2D eigenvalue weighted by Gasteiger charge is 2.25. The van der Waals surface area contributed by atoms with Crippen molar-refractivity contribution in [2.45, 2.75) is 38.6 Å². The number of amides is 1. The number of hydrogen-bond donors (Lipinski definition) is 1. The summed E-state index contributed by atoms with van der Waals surface area (Å²) in [6.45, 7) is 2.57. The van der Waals surface area contributed by atoms with E-state index in [1.54, 1.807) is 18.2 Å². The lowest BCUT2D eigenvalue weighted by Gasteiger charge is -2.28. The molecule has 1 aliphatic rings. The van der Waals surface area contributed by atoms with Gasteiger partial charge in [0.25, 0.3) is 5.91 Å². The van der Waals surface area contributed by atoms with Gasteiger partial charge < -0.3 is 10.0 Å². The molecule has 1 aromatic rings. The van der Waals surface area contributed by atoms with E-state index in [1.165, 1.54) is 0 Å². The van der Waals surface area contributed by atoms with Crippen LogP contribution in [0.1, 0.15) is 41.6 Å². The first-order chi connectivity index (χ1) is 9.13. The second kappa shape index (κ2) is 6.29. The van der Waals surface area contributed by atoms with Crippen molar-refractivity contribution in [1.29, 1.82) is 0 Å². The number of aromatic hydroxyl groups is 1. The Bertz CT molecular complexity index is 461. The maximum absolute atomic E-state index is 12.5. The van der Waals surface area contributed by atoms with Crippen molar-refractivity contribution in [2.75, 3.05) is 12.4 Å². The van der Waals surface area contributed by atoms with Gasteiger partial charge in [-0.05, 0) is 37.5 Å². The normalized spacial score (nSPS) is 20.1. The number of benzene rings is 1. The largest absolute Gasteiger partial charge is 0.508 e. The lowest BCUT2D eigenvalue weighted by Crippen LogP contribution is -2.41. The van der Waals surface area contributed by atoms with E-state index in [4.69, 9.17) is 11.6 Å². The molecule has 2 rings (SSSR count). The van der Waals surface area contributed by atoms with Gasteiger partial charge in [0.05, 0.1) is 0 Å². The van der Waals surface area contributed by atoms with Gasteiger partial charge in [-0.3, -0.25) is 4.79 Å². The summed E-state index contributed by atoms with van der Waals surface area (Å²) >= 11 is 5.99. The summed E-state index contributed by atoms with van der Waals surface area (Å²) in [4.78, 5) is 14.4. The Kier molecular flexibility index (Phi) is 4.70. The molecule has 0 spiro atoms. The van der Waals surface area contributed by atoms with Crippen LogP contribution in [0.25, 0.3) is 0 Å². The number of likely N-dealkylation sites (tertiary alicyclic amines) is 1. The number of alkyl halides is 1. The number of nitrogens with zero attached hydrogens (tertiary/aromatic N) is 1. The van der Waals surface area contributed by atoms with Crippen LogP contribution >= 0.6 is 11.6 Å². The SMILES string of the molecule is Cc1ccc(C(=O)N2CCCCCC2CCl)cc1O. The number of phenolic OH excluding ortho intramolecular Hbond substituents is 1. The molecule has 3 nitrogen and oxygen atoms in total. The van der Waals surface area contributed by atoms with E-state index >= 15 is 0 Å². The topological polar surface area (TPSA) is 40.5 Å². The van der Waals surface area contributed by atoms with E-state index in [1.807, 2.05) is 11.8 Å². The van der Waals surface area contributed by atoms with E-state index in [9.17, 15) is 9.90 Å². The Morgan fingerprint density at radius 2 is 2.21 bits per heavy atom. The summed E-state index contributed by atoms with van der Waals surface area (Å²) in [6.07, 6.45) is 4.26. The highest BCUT2D eigenvalue weighted by atomic mass is 35.5. The van der Waals surface area contributed by atoms with Crippen LogP contribution in [0.5, 0.6) is 5.75 Å². The number of phenols is 1. The van der Waals surface area contributed by atoms with Crippen LogP contribution in [-0.4, -0.2) is 34.4 Å². The number of carbonyl (C=O) groups is 1. The molecule has 0 radical (unpaired) electrons. The van der Waals surface area contributed by atoms with Crippen molar-refractivity contribution in [3.05, 3.63) is 29.3 Å². The first-order valence-corrected chi connectivity index (χ1v) is 7.33. The molecule has 1 aromatic carbocycles. The van der Waals surface area contributed by atoms with Crippen LogP contribution in [0.2, 0.25) is 0 Å². The van der Waals surface area contributed by atoms with E-state index in [0.717, 1.165) is 37.8 Å². The molecule has 0 saturated carbocycles. The van der Waals surface area contributed by atoms with Crippen molar-refractivity contribution < 1.29 is 9.90 Å². The summed E-state index contributed by atoms with van der Waals surface area (Å²) < 4.78 is 0. The molecule has 4 heteroatoms. The van der Waals surface area contributed by atoms with Crippen molar-refractivity contribution >= 4 is 17.5 Å². The predicted octanol–water partition coefficient (Wildman–Crippen LogP) is 3.32. The van der Waals surface area contributed by atoms with Gasteiger partial charge in [0, 0.05) is 24.0 Å². The summed E-state index contributed by atoms with van der Waals surface area (Å²) in [5, 5.41) is 9.73. The van der Waals surface area contributed by atoms with Crippen molar-refractivity contribution in [1.82, 2.24) is 4.90 Å². The Balaban J connectivity index is 2.22. The fourth-order valence-electron chi connectivity index (χ4n) is 2.51. The zero-order chi connectivity index (χ0) is 13.8. The number of hydrogen-bond acceptors (Lipinski definition) is 2. The number of halogens is 1. The van der Waals surface area contributed by atoms with Gasteiger partial charge in [0.2, 0.25) is 0 Å². The van der Waals surface area contributed by atoms with Gasteiger partial charge >= 0.3 is 0 Å². The Hall–Kier alpha value is -1.22. The molecule has 0 aliphatic carbocycles. The fourth-order valence-corrected chi connectivity index (χ4v) is 2.83. The van der Waals surface area contributed by atoms with Crippen LogP contribution in [-0.2, 0) is 0 Å². The lowest BCUT2D eigenvalue weighted by molar-refractivity contribution is 0.0700. The molecule has 1 N–H and O–H groups in total.